The number of aromatic amines is 1. The first-order chi connectivity index (χ1) is 17.5. The van der Waals surface area contributed by atoms with Crippen LogP contribution in [-0.2, 0) is 20.9 Å². The maximum Gasteiger partial charge on any atom is 0.275 e. The van der Waals surface area contributed by atoms with Gasteiger partial charge in [-0.1, -0.05) is 35.9 Å². The van der Waals surface area contributed by atoms with Gasteiger partial charge in [0.15, 0.2) is 5.82 Å². The number of carbonyl (C=O) groups excluding carboxylic acids is 1. The van der Waals surface area contributed by atoms with Crippen molar-refractivity contribution in [3.05, 3.63) is 68.9 Å². The molecule has 11 heteroatoms. The number of carbonyl (C=O) groups is 1. The number of nitrogens with zero attached hydrogens (tertiary/aromatic N) is 3. The number of nitrogens with one attached hydrogen (secondary N) is 2. The molecule has 0 bridgehead atoms. The molecule has 1 saturated heterocycles. The van der Waals surface area contributed by atoms with Crippen LogP contribution in [0.15, 0.2) is 51.8 Å². The van der Waals surface area contributed by atoms with Crippen molar-refractivity contribution in [1.29, 1.82) is 0 Å². The first-order valence-corrected chi connectivity index (χ1v) is 12.4. The summed E-state index contributed by atoms with van der Waals surface area (Å²) in [5.41, 5.74) is 0.589. The molecule has 190 valence electrons. The first-order valence-electron chi connectivity index (χ1n) is 12.0. The van der Waals surface area contributed by atoms with Gasteiger partial charge in [0, 0.05) is 30.5 Å². The minimum Gasteiger partial charge on any atom is -0.394 e. The molecule has 36 heavy (non-hydrogen) atoms. The largest absolute Gasteiger partial charge is 0.394 e. The van der Waals surface area contributed by atoms with E-state index in [-0.39, 0.29) is 29.7 Å². The van der Waals surface area contributed by atoms with Gasteiger partial charge in [0.05, 0.1) is 35.5 Å². The van der Waals surface area contributed by atoms with Crippen LogP contribution in [-0.4, -0.2) is 62.1 Å². The lowest BCUT2D eigenvalue weighted by molar-refractivity contribution is -0.123. The third kappa shape index (κ3) is 5.08. The first kappa shape index (κ1) is 24.6. The van der Waals surface area contributed by atoms with Crippen LogP contribution < -0.4 is 10.9 Å². The summed E-state index contributed by atoms with van der Waals surface area (Å²) in [5, 5.41) is 17.5. The number of hydrogen-bond acceptors (Lipinski definition) is 7. The maximum absolute atomic E-state index is 13.2. The molecule has 2 aliphatic carbocycles. The molecular weight excluding hydrogens is 486 g/mol. The van der Waals surface area contributed by atoms with Gasteiger partial charge in [-0.2, -0.15) is 9.50 Å². The highest BCUT2D eigenvalue weighted by molar-refractivity contribution is 6.33. The summed E-state index contributed by atoms with van der Waals surface area (Å²) in [6.07, 6.45) is 12.3. The third-order valence-electron chi connectivity index (χ3n) is 6.65. The Kier molecular flexibility index (Phi) is 7.20. The molecular formula is C25H28ClN5O5. The number of aliphatic hydroxyl groups excluding tert-OH is 1. The zero-order valence-corrected chi connectivity index (χ0v) is 20.5. The highest BCUT2D eigenvalue weighted by Crippen LogP contribution is 2.28. The molecule has 1 amide bonds. The van der Waals surface area contributed by atoms with E-state index >= 15 is 0 Å². The zero-order chi connectivity index (χ0) is 25.1. The van der Waals surface area contributed by atoms with Gasteiger partial charge in [-0.05, 0) is 38.2 Å². The summed E-state index contributed by atoms with van der Waals surface area (Å²) in [6, 6.07) is 1.41. The molecule has 0 spiro atoms. The van der Waals surface area contributed by atoms with Crippen molar-refractivity contribution in [3.63, 3.8) is 0 Å². The Morgan fingerprint density at radius 2 is 2.14 bits per heavy atom. The number of fused-ring (bicyclic) bond motifs is 1. The summed E-state index contributed by atoms with van der Waals surface area (Å²) in [6.45, 7) is 0.764. The summed E-state index contributed by atoms with van der Waals surface area (Å²) < 4.78 is 12.7. The second kappa shape index (κ2) is 10.5. The molecule has 0 radical (unpaired) electrons. The average Bonchev–Trinajstić information content (AvgIpc) is 3.33. The number of rotatable bonds is 7. The molecule has 3 heterocycles. The minimum absolute atomic E-state index is 0.0367. The van der Waals surface area contributed by atoms with E-state index in [2.05, 4.69) is 26.5 Å². The molecule has 3 N–H and O–H groups in total. The van der Waals surface area contributed by atoms with Crippen LogP contribution in [0.4, 0.5) is 0 Å². The van der Waals surface area contributed by atoms with Gasteiger partial charge in [-0.25, -0.2) is 0 Å². The number of halogens is 1. The SMILES string of the molecule is O=C(NC1(CO)CCOCC1)C1=C(Cl)C=CCC1OCc1cc(=O)n2nc(C3=CCCC=C3)nc2[nH]1. The third-order valence-corrected chi connectivity index (χ3v) is 6.98. The van der Waals surface area contributed by atoms with Crippen molar-refractivity contribution in [1.82, 2.24) is 24.9 Å². The van der Waals surface area contributed by atoms with Crippen molar-refractivity contribution in [2.75, 3.05) is 19.8 Å². The fourth-order valence-electron chi connectivity index (χ4n) is 4.56. The molecule has 1 fully saturated rings. The van der Waals surface area contributed by atoms with Gasteiger partial charge in [-0.3, -0.25) is 9.59 Å². The number of aliphatic hydroxyl groups is 1. The standard InChI is InChI=1S/C25H28ClN5O5/c26-18-7-4-8-19(21(18)23(34)29-25(15-32)9-11-35-12-10-25)36-14-17-13-20(33)31-24(27-17)28-22(30-31)16-5-2-1-3-6-16/h2,4-7,13,19,32H,1,3,8-12,14-15H2,(H,29,34)(H,27,28,30). The molecule has 5 rings (SSSR count). The number of hydrogen-bond donors (Lipinski definition) is 3. The Morgan fingerprint density at radius 1 is 1.31 bits per heavy atom. The van der Waals surface area contributed by atoms with Crippen LogP contribution in [0.25, 0.3) is 11.4 Å². The minimum atomic E-state index is -0.754. The Morgan fingerprint density at radius 3 is 2.89 bits per heavy atom. The fraction of sp³-hybridized carbons (Fsp3) is 0.440. The fourth-order valence-corrected chi connectivity index (χ4v) is 4.86. The van der Waals surface area contributed by atoms with E-state index in [4.69, 9.17) is 21.1 Å². The van der Waals surface area contributed by atoms with Crippen LogP contribution in [0.1, 0.15) is 43.6 Å². The molecule has 0 saturated carbocycles. The molecule has 1 atom stereocenters. The Bertz CT molecular complexity index is 1330. The smallest absolute Gasteiger partial charge is 0.275 e. The van der Waals surface area contributed by atoms with E-state index in [1.165, 1.54) is 10.6 Å². The quantitative estimate of drug-likeness (QED) is 0.517. The van der Waals surface area contributed by atoms with Crippen molar-refractivity contribution in [2.24, 2.45) is 0 Å². The molecule has 10 nitrogen and oxygen atoms in total. The number of amides is 1. The van der Waals surface area contributed by atoms with E-state index in [0.29, 0.717) is 55.3 Å². The van der Waals surface area contributed by atoms with Crippen molar-refractivity contribution >= 4 is 28.9 Å². The maximum atomic E-state index is 13.2. The predicted molar refractivity (Wildman–Crippen MR) is 133 cm³/mol. The van der Waals surface area contributed by atoms with Crippen molar-refractivity contribution in [2.45, 2.75) is 50.4 Å². The van der Waals surface area contributed by atoms with Gasteiger partial charge < -0.3 is 24.9 Å². The lowest BCUT2D eigenvalue weighted by Crippen LogP contribution is -2.55. The number of H-pyrrole nitrogens is 1. The van der Waals surface area contributed by atoms with Crippen LogP contribution in [0, 0.1) is 0 Å². The van der Waals surface area contributed by atoms with Gasteiger partial charge in [0.25, 0.3) is 11.5 Å². The molecule has 0 aromatic carbocycles. The van der Waals surface area contributed by atoms with E-state index in [1.54, 1.807) is 6.08 Å². The number of ether oxygens (including phenoxy) is 2. The Labute approximate surface area is 212 Å². The molecule has 3 aliphatic rings. The Hall–Kier alpha value is -3.05. The van der Waals surface area contributed by atoms with Crippen LogP contribution in [0.3, 0.4) is 0 Å². The lowest BCUT2D eigenvalue weighted by atomic mass is 9.89. The topological polar surface area (TPSA) is 131 Å². The highest BCUT2D eigenvalue weighted by Gasteiger charge is 2.36. The summed E-state index contributed by atoms with van der Waals surface area (Å²) in [7, 11) is 0. The summed E-state index contributed by atoms with van der Waals surface area (Å²) >= 11 is 6.41. The van der Waals surface area contributed by atoms with Gasteiger partial charge in [0.2, 0.25) is 5.78 Å². The molecule has 1 unspecified atom stereocenters. The van der Waals surface area contributed by atoms with Crippen LogP contribution in [0.5, 0.6) is 0 Å². The number of aromatic nitrogens is 4. The normalized spacial score (nSPS) is 21.6. The van der Waals surface area contributed by atoms with E-state index < -0.39 is 11.6 Å². The van der Waals surface area contributed by atoms with E-state index in [0.717, 1.165) is 18.4 Å². The van der Waals surface area contributed by atoms with Crippen LogP contribution in [0.2, 0.25) is 0 Å². The number of allylic oxidation sites excluding steroid dienone is 6. The highest BCUT2D eigenvalue weighted by atomic mass is 35.5. The van der Waals surface area contributed by atoms with Gasteiger partial charge >= 0.3 is 0 Å². The van der Waals surface area contributed by atoms with Gasteiger partial charge in [-0.15, -0.1) is 5.10 Å². The van der Waals surface area contributed by atoms with Gasteiger partial charge in [0.1, 0.15) is 0 Å². The van der Waals surface area contributed by atoms with Crippen molar-refractivity contribution < 1.29 is 19.4 Å². The molecule has 2 aromatic heterocycles. The summed E-state index contributed by atoms with van der Waals surface area (Å²) in [5.74, 6) is 0.412. The monoisotopic (exact) mass is 513 g/mol. The second-order valence-electron chi connectivity index (χ2n) is 9.15. The van der Waals surface area contributed by atoms with E-state index in [1.807, 2.05) is 18.2 Å². The van der Waals surface area contributed by atoms with Crippen LogP contribution >= 0.6 is 11.6 Å². The molecule has 2 aromatic rings. The van der Waals surface area contributed by atoms with Crippen molar-refractivity contribution in [3.8, 4) is 0 Å². The lowest BCUT2D eigenvalue weighted by Gasteiger charge is -2.37. The summed E-state index contributed by atoms with van der Waals surface area (Å²) in [4.78, 5) is 33.5. The molecule has 1 aliphatic heterocycles. The Balaban J connectivity index is 1.32. The second-order valence-corrected chi connectivity index (χ2v) is 9.55. The predicted octanol–water partition coefficient (Wildman–Crippen LogP) is 2.15. The zero-order valence-electron chi connectivity index (χ0n) is 19.7. The average molecular weight is 514 g/mol. The van der Waals surface area contributed by atoms with E-state index in [9.17, 15) is 14.7 Å².